The third-order valence-electron chi connectivity index (χ3n) is 2.46. The van der Waals surface area contributed by atoms with Crippen LogP contribution in [0.5, 0.6) is 5.75 Å². The summed E-state index contributed by atoms with van der Waals surface area (Å²) in [4.78, 5) is 0. The summed E-state index contributed by atoms with van der Waals surface area (Å²) in [5.41, 5.74) is 6.81. The number of hydrogen-bond donors (Lipinski definition) is 1. The van der Waals surface area contributed by atoms with E-state index in [1.54, 1.807) is 18.2 Å². The topological polar surface area (TPSA) is 35.2 Å². The zero-order chi connectivity index (χ0) is 13.8. The number of alkyl halides is 3. The summed E-state index contributed by atoms with van der Waals surface area (Å²) >= 11 is 0. The lowest BCUT2D eigenvalue weighted by atomic mass is 10.0. The molecule has 0 bridgehead atoms. The summed E-state index contributed by atoms with van der Waals surface area (Å²) in [6, 6.07) is 6.01. The van der Waals surface area contributed by atoms with Gasteiger partial charge in [-0.3, -0.25) is 0 Å². The predicted molar refractivity (Wildman–Crippen MR) is 65.0 cm³/mol. The standard InChI is InChI=1S/C13H16F3NO/c1-9(2)11(8-17)7-10-5-3-4-6-12(10)18-13(14,15)16/h3-7,9H,8,17H2,1-2H3. The smallest absolute Gasteiger partial charge is 0.405 e. The number of benzene rings is 1. The van der Waals surface area contributed by atoms with Crippen LogP contribution in [-0.2, 0) is 0 Å². The van der Waals surface area contributed by atoms with Gasteiger partial charge in [0.15, 0.2) is 0 Å². The Bertz CT molecular complexity index is 424. The molecule has 0 spiro atoms. The van der Waals surface area contributed by atoms with Crippen molar-refractivity contribution in [2.45, 2.75) is 20.2 Å². The van der Waals surface area contributed by atoms with E-state index in [-0.39, 0.29) is 11.7 Å². The van der Waals surface area contributed by atoms with Crippen molar-refractivity contribution in [2.24, 2.45) is 11.7 Å². The molecular formula is C13H16F3NO. The van der Waals surface area contributed by atoms with Crippen molar-refractivity contribution in [2.75, 3.05) is 6.54 Å². The van der Waals surface area contributed by atoms with Gasteiger partial charge in [0.1, 0.15) is 5.75 Å². The molecule has 0 saturated carbocycles. The molecule has 18 heavy (non-hydrogen) atoms. The van der Waals surface area contributed by atoms with Crippen LogP contribution in [-0.4, -0.2) is 12.9 Å². The summed E-state index contributed by atoms with van der Waals surface area (Å²) in [5, 5.41) is 0. The minimum atomic E-state index is -4.69. The van der Waals surface area contributed by atoms with Crippen LogP contribution in [0.3, 0.4) is 0 Å². The number of hydrogen-bond acceptors (Lipinski definition) is 2. The van der Waals surface area contributed by atoms with E-state index >= 15 is 0 Å². The van der Waals surface area contributed by atoms with E-state index < -0.39 is 6.36 Å². The summed E-state index contributed by atoms with van der Waals surface area (Å²) in [6.45, 7) is 4.18. The highest BCUT2D eigenvalue weighted by Gasteiger charge is 2.31. The van der Waals surface area contributed by atoms with Gasteiger partial charge in [-0.25, -0.2) is 0 Å². The molecular weight excluding hydrogens is 243 g/mol. The molecule has 1 aromatic rings. The molecule has 100 valence electrons. The number of rotatable bonds is 4. The quantitative estimate of drug-likeness (QED) is 0.896. The Morgan fingerprint density at radius 2 is 1.94 bits per heavy atom. The molecule has 0 radical (unpaired) electrons. The van der Waals surface area contributed by atoms with Crippen LogP contribution in [0.1, 0.15) is 19.4 Å². The summed E-state index contributed by atoms with van der Waals surface area (Å²) in [5.74, 6) is -0.0365. The van der Waals surface area contributed by atoms with Gasteiger partial charge in [-0.15, -0.1) is 13.2 Å². The Morgan fingerprint density at radius 1 is 1.33 bits per heavy atom. The zero-order valence-electron chi connectivity index (χ0n) is 10.3. The molecule has 0 aromatic heterocycles. The average molecular weight is 259 g/mol. The predicted octanol–water partition coefficient (Wildman–Crippen LogP) is 3.58. The summed E-state index contributed by atoms with van der Waals surface area (Å²) in [7, 11) is 0. The Hall–Kier alpha value is -1.49. The van der Waals surface area contributed by atoms with Gasteiger partial charge < -0.3 is 10.5 Å². The first kappa shape index (κ1) is 14.6. The minimum Gasteiger partial charge on any atom is -0.405 e. The van der Waals surface area contributed by atoms with Crippen LogP contribution in [0.15, 0.2) is 29.8 Å². The molecule has 0 fully saturated rings. The van der Waals surface area contributed by atoms with Crippen LogP contribution >= 0.6 is 0 Å². The first-order chi connectivity index (χ1) is 8.33. The maximum atomic E-state index is 12.2. The normalized spacial score (nSPS) is 12.9. The molecule has 1 rings (SSSR count). The van der Waals surface area contributed by atoms with Crippen LogP contribution in [0, 0.1) is 5.92 Å². The molecule has 0 saturated heterocycles. The fourth-order valence-corrected chi connectivity index (χ4v) is 1.48. The molecule has 5 heteroatoms. The van der Waals surface area contributed by atoms with Gasteiger partial charge in [0.25, 0.3) is 0 Å². The van der Waals surface area contributed by atoms with E-state index in [0.717, 1.165) is 5.57 Å². The van der Waals surface area contributed by atoms with Crippen LogP contribution in [0.2, 0.25) is 0 Å². The lowest BCUT2D eigenvalue weighted by molar-refractivity contribution is -0.274. The van der Waals surface area contributed by atoms with Crippen molar-refractivity contribution >= 4 is 6.08 Å². The van der Waals surface area contributed by atoms with Crippen molar-refractivity contribution < 1.29 is 17.9 Å². The Kier molecular flexibility index (Phi) is 4.78. The average Bonchev–Trinajstić information content (AvgIpc) is 2.25. The van der Waals surface area contributed by atoms with E-state index in [1.165, 1.54) is 12.1 Å². The number of para-hydroxylation sites is 1. The first-order valence-electron chi connectivity index (χ1n) is 5.59. The van der Waals surface area contributed by atoms with Gasteiger partial charge in [-0.2, -0.15) is 0 Å². The van der Waals surface area contributed by atoms with E-state index in [4.69, 9.17) is 5.73 Å². The van der Waals surface area contributed by atoms with E-state index in [0.29, 0.717) is 12.1 Å². The fourth-order valence-electron chi connectivity index (χ4n) is 1.48. The van der Waals surface area contributed by atoms with Gasteiger partial charge in [0.2, 0.25) is 0 Å². The van der Waals surface area contributed by atoms with Crippen molar-refractivity contribution in [3.8, 4) is 5.75 Å². The molecule has 2 N–H and O–H groups in total. The first-order valence-corrected chi connectivity index (χ1v) is 5.59. The molecule has 2 nitrogen and oxygen atoms in total. The monoisotopic (exact) mass is 259 g/mol. The molecule has 0 aliphatic carbocycles. The SMILES string of the molecule is CC(C)C(=Cc1ccccc1OC(F)(F)F)CN. The number of halogens is 3. The highest BCUT2D eigenvalue weighted by Crippen LogP contribution is 2.28. The summed E-state index contributed by atoms with van der Waals surface area (Å²) < 4.78 is 40.7. The third kappa shape index (κ3) is 4.41. The van der Waals surface area contributed by atoms with Gasteiger partial charge in [0, 0.05) is 12.1 Å². The lowest BCUT2D eigenvalue weighted by Crippen LogP contribution is -2.17. The second-order valence-corrected chi connectivity index (χ2v) is 4.16. The second-order valence-electron chi connectivity index (χ2n) is 4.16. The number of nitrogens with two attached hydrogens (primary N) is 1. The summed E-state index contributed by atoms with van der Waals surface area (Å²) in [6.07, 6.45) is -3.05. The van der Waals surface area contributed by atoms with Gasteiger partial charge in [0.05, 0.1) is 0 Å². The maximum absolute atomic E-state index is 12.2. The molecule has 1 aromatic carbocycles. The molecule has 0 amide bonds. The maximum Gasteiger partial charge on any atom is 0.573 e. The van der Waals surface area contributed by atoms with E-state index in [1.807, 2.05) is 13.8 Å². The highest BCUT2D eigenvalue weighted by atomic mass is 19.4. The molecule has 0 heterocycles. The minimum absolute atomic E-state index is 0.175. The molecule has 0 unspecified atom stereocenters. The van der Waals surface area contributed by atoms with Crippen molar-refractivity contribution in [3.05, 3.63) is 35.4 Å². The zero-order valence-corrected chi connectivity index (χ0v) is 10.3. The van der Waals surface area contributed by atoms with Crippen LogP contribution < -0.4 is 10.5 Å². The van der Waals surface area contributed by atoms with Crippen molar-refractivity contribution in [1.82, 2.24) is 0 Å². The molecule has 0 atom stereocenters. The largest absolute Gasteiger partial charge is 0.573 e. The molecule has 0 aliphatic rings. The number of ether oxygens (including phenoxy) is 1. The van der Waals surface area contributed by atoms with E-state index in [2.05, 4.69) is 4.74 Å². The van der Waals surface area contributed by atoms with Crippen molar-refractivity contribution in [1.29, 1.82) is 0 Å². The van der Waals surface area contributed by atoms with Gasteiger partial charge >= 0.3 is 6.36 Å². The van der Waals surface area contributed by atoms with Gasteiger partial charge in [-0.1, -0.05) is 43.7 Å². The Balaban J connectivity index is 3.09. The Labute approximate surface area is 104 Å². The highest BCUT2D eigenvalue weighted by molar-refractivity contribution is 5.60. The second kappa shape index (κ2) is 5.91. The van der Waals surface area contributed by atoms with Crippen molar-refractivity contribution in [3.63, 3.8) is 0 Å². The van der Waals surface area contributed by atoms with Gasteiger partial charge in [-0.05, 0) is 12.0 Å². The Morgan fingerprint density at radius 3 is 2.44 bits per heavy atom. The third-order valence-corrected chi connectivity index (χ3v) is 2.46. The van der Waals surface area contributed by atoms with E-state index in [9.17, 15) is 13.2 Å². The van der Waals surface area contributed by atoms with Crippen LogP contribution in [0.4, 0.5) is 13.2 Å². The lowest BCUT2D eigenvalue weighted by Gasteiger charge is -2.13. The molecule has 0 aliphatic heterocycles. The fraction of sp³-hybridized carbons (Fsp3) is 0.385. The van der Waals surface area contributed by atoms with Crippen LogP contribution in [0.25, 0.3) is 6.08 Å².